The fraction of sp³-hybridized carbons (Fsp3) is 0.364. The summed E-state index contributed by atoms with van der Waals surface area (Å²) in [6.45, 7) is 2.21. The van der Waals surface area contributed by atoms with E-state index in [-0.39, 0.29) is 15.0 Å². The Morgan fingerprint density at radius 3 is 2.27 bits per heavy atom. The van der Waals surface area contributed by atoms with Crippen molar-refractivity contribution in [2.45, 2.75) is 56.4 Å². The molecule has 140 valence electrons. The van der Waals surface area contributed by atoms with Crippen molar-refractivity contribution in [3.63, 3.8) is 0 Å². The summed E-state index contributed by atoms with van der Waals surface area (Å²) in [5.74, 6) is 0. The summed E-state index contributed by atoms with van der Waals surface area (Å²) in [6.07, 6.45) is 6.10. The van der Waals surface area contributed by atoms with E-state index in [1.165, 1.54) is 23.7 Å². The van der Waals surface area contributed by atoms with Crippen molar-refractivity contribution in [2.24, 2.45) is 0 Å². The van der Waals surface area contributed by atoms with Crippen LogP contribution in [0.2, 0.25) is 0 Å². The van der Waals surface area contributed by atoms with Crippen molar-refractivity contribution in [3.8, 4) is 0 Å². The van der Waals surface area contributed by atoms with Gasteiger partial charge in [0, 0.05) is 0 Å². The topological polar surface area (TPSA) is 37.3 Å². The first-order valence-corrected chi connectivity index (χ1v) is 12.2. The molecule has 2 rings (SSSR count). The van der Waals surface area contributed by atoms with Crippen molar-refractivity contribution < 1.29 is 9.32 Å². The molecule has 1 N–H and O–H groups in total. The summed E-state index contributed by atoms with van der Waals surface area (Å²) in [6, 6.07) is 19.6. The molecule has 4 heteroatoms. The van der Waals surface area contributed by atoms with Crippen LogP contribution in [0.4, 0.5) is 0 Å². The maximum absolute atomic E-state index is 12.7. The van der Waals surface area contributed by atoms with Gasteiger partial charge < -0.3 is 0 Å². The van der Waals surface area contributed by atoms with Crippen LogP contribution >= 0.6 is 0 Å². The van der Waals surface area contributed by atoms with E-state index < -0.39 is 16.9 Å². The zero-order valence-electron chi connectivity index (χ0n) is 15.3. The third-order valence-electron chi connectivity index (χ3n) is 4.09. The molecule has 0 aliphatic rings. The van der Waals surface area contributed by atoms with E-state index in [9.17, 15) is 9.32 Å². The van der Waals surface area contributed by atoms with E-state index in [1.54, 1.807) is 5.41 Å². The van der Waals surface area contributed by atoms with Gasteiger partial charge in [-0.05, 0) is 0 Å². The van der Waals surface area contributed by atoms with Crippen molar-refractivity contribution >= 4 is 30.2 Å². The molecule has 2 aromatic carbocycles. The third-order valence-corrected chi connectivity index (χ3v) is 8.01. The van der Waals surface area contributed by atoms with Gasteiger partial charge in [0.05, 0.1) is 0 Å². The zero-order valence-corrected chi connectivity index (χ0v) is 17.9. The molecule has 0 fully saturated rings. The van der Waals surface area contributed by atoms with Crippen LogP contribution in [0.3, 0.4) is 0 Å². The quantitative estimate of drug-likeness (QED) is 0.420. The summed E-state index contributed by atoms with van der Waals surface area (Å²) < 4.78 is 14.8. The summed E-state index contributed by atoms with van der Waals surface area (Å²) >= 11 is -0.0193. The van der Waals surface area contributed by atoms with Gasteiger partial charge in [-0.15, -0.1) is 0 Å². The van der Waals surface area contributed by atoms with Crippen molar-refractivity contribution in [1.82, 2.24) is 0 Å². The van der Waals surface area contributed by atoms with Gasteiger partial charge in [-0.25, -0.2) is 0 Å². The Balaban J connectivity index is 2.08. The normalized spacial score (nSPS) is 14.2. The Morgan fingerprint density at radius 1 is 1.00 bits per heavy atom. The van der Waals surface area contributed by atoms with Crippen LogP contribution in [0.25, 0.3) is 0 Å². The molecule has 0 spiro atoms. The fourth-order valence-electron chi connectivity index (χ4n) is 2.61. The van der Waals surface area contributed by atoms with Gasteiger partial charge >= 0.3 is 167 Å². The SMILES string of the molecule is CCCCCCCC(O)/C(=C\S(=O)c1ccccc1)[Se]c1ccccc1. The number of unbranched alkanes of at least 4 members (excludes halogenated alkanes) is 4. The van der Waals surface area contributed by atoms with Crippen LogP contribution in [0.5, 0.6) is 0 Å². The Kier molecular flexibility index (Phi) is 9.94. The molecule has 0 saturated heterocycles. The van der Waals surface area contributed by atoms with Crippen LogP contribution in [0.1, 0.15) is 45.4 Å². The number of hydrogen-bond donors (Lipinski definition) is 1. The second kappa shape index (κ2) is 12.2. The molecule has 2 unspecified atom stereocenters. The molecule has 26 heavy (non-hydrogen) atoms. The van der Waals surface area contributed by atoms with E-state index in [2.05, 4.69) is 19.1 Å². The van der Waals surface area contributed by atoms with Crippen LogP contribution < -0.4 is 4.46 Å². The third kappa shape index (κ3) is 7.59. The van der Waals surface area contributed by atoms with Gasteiger partial charge in [-0.1, -0.05) is 0 Å². The zero-order chi connectivity index (χ0) is 18.6. The molecule has 2 aromatic rings. The Hall–Kier alpha value is -1.19. The fourth-order valence-corrected chi connectivity index (χ4v) is 6.16. The van der Waals surface area contributed by atoms with Gasteiger partial charge in [0.25, 0.3) is 0 Å². The summed E-state index contributed by atoms with van der Waals surface area (Å²) in [5, 5.41) is 12.5. The van der Waals surface area contributed by atoms with Crippen molar-refractivity contribution in [3.05, 3.63) is 70.5 Å². The first-order chi connectivity index (χ1) is 12.7. The van der Waals surface area contributed by atoms with Crippen LogP contribution in [0.15, 0.2) is 75.4 Å². The van der Waals surface area contributed by atoms with Gasteiger partial charge in [-0.3, -0.25) is 0 Å². The van der Waals surface area contributed by atoms with E-state index >= 15 is 0 Å². The molecule has 0 radical (unpaired) electrons. The molecule has 0 amide bonds. The predicted molar refractivity (Wildman–Crippen MR) is 112 cm³/mol. The number of rotatable bonds is 11. The van der Waals surface area contributed by atoms with Crippen LogP contribution in [0, 0.1) is 0 Å². The molecule has 2 atom stereocenters. The van der Waals surface area contributed by atoms with Crippen molar-refractivity contribution in [1.29, 1.82) is 0 Å². The molecule has 0 aliphatic carbocycles. The van der Waals surface area contributed by atoms with Gasteiger partial charge in [0.15, 0.2) is 0 Å². The maximum atomic E-state index is 12.7. The standard InChI is InChI=1S/C22H28O2SSe/c1-2-3-4-5-12-17-21(23)22(26-20-15-10-7-11-16-20)18-25(24)19-13-8-6-9-14-19/h6-11,13-16,18,21,23H,2-5,12,17H2,1H3/b22-18+. The molecular weight excluding hydrogens is 407 g/mol. The molecule has 2 nitrogen and oxygen atoms in total. The minimum absolute atomic E-state index is 0.0193. The first-order valence-electron chi connectivity index (χ1n) is 9.29. The Labute approximate surface area is 166 Å². The summed E-state index contributed by atoms with van der Waals surface area (Å²) in [7, 11) is -1.22. The summed E-state index contributed by atoms with van der Waals surface area (Å²) in [5.41, 5.74) is 0. The predicted octanol–water partition coefficient (Wildman–Crippen LogP) is 4.39. The average Bonchev–Trinajstić information content (AvgIpc) is 2.68. The van der Waals surface area contributed by atoms with E-state index in [4.69, 9.17) is 0 Å². The molecular formula is C22H28O2SSe. The molecule has 0 saturated carbocycles. The Bertz CT molecular complexity index is 686. The van der Waals surface area contributed by atoms with Crippen molar-refractivity contribution in [2.75, 3.05) is 0 Å². The van der Waals surface area contributed by atoms with Gasteiger partial charge in [-0.2, -0.15) is 0 Å². The van der Waals surface area contributed by atoms with E-state index in [0.29, 0.717) is 0 Å². The first kappa shape index (κ1) is 21.1. The number of benzene rings is 2. The van der Waals surface area contributed by atoms with Gasteiger partial charge in [0.2, 0.25) is 0 Å². The monoisotopic (exact) mass is 436 g/mol. The molecule has 0 aliphatic heterocycles. The molecule has 0 aromatic heterocycles. The minimum atomic E-state index is -1.22. The van der Waals surface area contributed by atoms with Crippen LogP contribution in [-0.4, -0.2) is 30.4 Å². The van der Waals surface area contributed by atoms with E-state index in [1.807, 2.05) is 48.5 Å². The second-order valence-electron chi connectivity index (χ2n) is 6.26. The Morgan fingerprint density at radius 2 is 1.62 bits per heavy atom. The van der Waals surface area contributed by atoms with E-state index in [0.717, 1.165) is 28.6 Å². The second-order valence-corrected chi connectivity index (χ2v) is 9.97. The molecule has 0 bridgehead atoms. The number of aliphatic hydroxyl groups is 1. The average molecular weight is 435 g/mol. The van der Waals surface area contributed by atoms with Crippen LogP contribution in [-0.2, 0) is 10.8 Å². The van der Waals surface area contributed by atoms with Gasteiger partial charge in [0.1, 0.15) is 0 Å². The summed E-state index contributed by atoms with van der Waals surface area (Å²) in [4.78, 5) is 0.781. The number of hydrogen-bond acceptors (Lipinski definition) is 2. The number of aliphatic hydroxyl groups excluding tert-OH is 1. The molecule has 0 heterocycles.